The van der Waals surface area contributed by atoms with Crippen LogP contribution in [0.25, 0.3) is 0 Å². The predicted molar refractivity (Wildman–Crippen MR) is 60.4 cm³/mol. The van der Waals surface area contributed by atoms with Crippen LogP contribution < -0.4 is 11.1 Å². The molecule has 0 atom stereocenters. The summed E-state index contributed by atoms with van der Waals surface area (Å²) < 4.78 is 5.38. The van der Waals surface area contributed by atoms with E-state index in [0.29, 0.717) is 18.5 Å². The van der Waals surface area contributed by atoms with E-state index in [0.717, 1.165) is 26.1 Å². The molecule has 0 aliphatic rings. The second-order valence-corrected chi connectivity index (χ2v) is 3.66. The lowest BCUT2D eigenvalue weighted by atomic mass is 10.2. The van der Waals surface area contributed by atoms with E-state index in [4.69, 9.17) is 10.5 Å². The normalized spacial score (nSPS) is 12.1. The van der Waals surface area contributed by atoms with Crippen LogP contribution in [0.1, 0.15) is 27.2 Å². The van der Waals surface area contributed by atoms with Gasteiger partial charge < -0.3 is 15.8 Å². The summed E-state index contributed by atoms with van der Waals surface area (Å²) in [6.45, 7) is 9.32. The lowest BCUT2D eigenvalue weighted by molar-refractivity contribution is 0.114. The van der Waals surface area contributed by atoms with Gasteiger partial charge in [0.2, 0.25) is 0 Å². The highest BCUT2D eigenvalue weighted by molar-refractivity contribution is 5.77. The van der Waals surface area contributed by atoms with Crippen LogP contribution in [0.2, 0.25) is 0 Å². The second kappa shape index (κ2) is 8.81. The molecule has 0 saturated carbocycles. The van der Waals surface area contributed by atoms with Crippen molar-refractivity contribution in [1.29, 1.82) is 0 Å². The number of nitrogens with one attached hydrogen (secondary N) is 1. The van der Waals surface area contributed by atoms with Gasteiger partial charge in [-0.05, 0) is 12.3 Å². The Kier molecular flexibility index (Phi) is 8.33. The first-order valence-corrected chi connectivity index (χ1v) is 5.28. The summed E-state index contributed by atoms with van der Waals surface area (Å²) in [5.74, 6) is 1.10. The van der Waals surface area contributed by atoms with Crippen LogP contribution in [0.5, 0.6) is 0 Å². The van der Waals surface area contributed by atoms with Gasteiger partial charge in [0.15, 0.2) is 5.96 Å². The third kappa shape index (κ3) is 9.32. The highest BCUT2D eigenvalue weighted by Gasteiger charge is 1.94. The molecule has 4 nitrogen and oxygen atoms in total. The lowest BCUT2D eigenvalue weighted by Gasteiger charge is -2.08. The number of hydrogen-bond donors (Lipinski definition) is 2. The first kappa shape index (κ1) is 13.2. The zero-order valence-electron chi connectivity index (χ0n) is 9.55. The molecule has 0 spiro atoms. The largest absolute Gasteiger partial charge is 0.379 e. The maximum atomic E-state index is 5.59. The molecular weight excluding hydrogens is 178 g/mol. The number of hydrogen-bond acceptors (Lipinski definition) is 2. The summed E-state index contributed by atoms with van der Waals surface area (Å²) in [4.78, 5) is 4.10. The van der Waals surface area contributed by atoms with Gasteiger partial charge in [0.05, 0.1) is 6.61 Å². The van der Waals surface area contributed by atoms with Crippen molar-refractivity contribution in [1.82, 2.24) is 5.32 Å². The van der Waals surface area contributed by atoms with Gasteiger partial charge in [0, 0.05) is 19.7 Å². The molecule has 14 heavy (non-hydrogen) atoms. The Labute approximate surface area is 86.9 Å². The van der Waals surface area contributed by atoms with Crippen molar-refractivity contribution >= 4 is 5.96 Å². The molecule has 0 heterocycles. The summed E-state index contributed by atoms with van der Waals surface area (Å²) >= 11 is 0. The number of guanidine groups is 1. The molecule has 84 valence electrons. The molecular formula is C10H23N3O. The van der Waals surface area contributed by atoms with Crippen molar-refractivity contribution in [2.24, 2.45) is 16.6 Å². The molecule has 3 N–H and O–H groups in total. The fourth-order valence-corrected chi connectivity index (χ4v) is 0.858. The van der Waals surface area contributed by atoms with Crippen LogP contribution in [0.4, 0.5) is 0 Å². The molecule has 0 amide bonds. The second-order valence-electron chi connectivity index (χ2n) is 3.66. The van der Waals surface area contributed by atoms with Crippen molar-refractivity contribution in [2.75, 3.05) is 26.3 Å². The molecule has 0 aliphatic carbocycles. The van der Waals surface area contributed by atoms with Gasteiger partial charge in [-0.1, -0.05) is 20.8 Å². The summed E-state index contributed by atoms with van der Waals surface area (Å²) in [6, 6.07) is 0. The molecule has 0 aromatic carbocycles. The van der Waals surface area contributed by atoms with E-state index in [1.165, 1.54) is 0 Å². The Morgan fingerprint density at radius 2 is 2.21 bits per heavy atom. The van der Waals surface area contributed by atoms with E-state index < -0.39 is 0 Å². The molecule has 0 unspecified atom stereocenters. The van der Waals surface area contributed by atoms with Gasteiger partial charge in [-0.2, -0.15) is 0 Å². The van der Waals surface area contributed by atoms with E-state index in [1.807, 2.05) is 0 Å². The van der Waals surface area contributed by atoms with Crippen LogP contribution in [0, 0.1) is 5.92 Å². The monoisotopic (exact) mass is 201 g/mol. The van der Waals surface area contributed by atoms with Gasteiger partial charge in [0.25, 0.3) is 0 Å². The Morgan fingerprint density at radius 1 is 1.50 bits per heavy atom. The van der Waals surface area contributed by atoms with Crippen molar-refractivity contribution in [2.45, 2.75) is 27.2 Å². The van der Waals surface area contributed by atoms with E-state index in [2.05, 4.69) is 31.1 Å². The predicted octanol–water partition coefficient (Wildman–Crippen LogP) is 0.973. The van der Waals surface area contributed by atoms with Crippen molar-refractivity contribution in [3.05, 3.63) is 0 Å². The standard InChI is InChI=1S/C10H23N3O/c1-4-5-12-10(11)13-6-7-14-8-9(2)3/h9H,4-8H2,1-3H3,(H3,11,12,13). The number of rotatable bonds is 7. The van der Waals surface area contributed by atoms with E-state index in [9.17, 15) is 0 Å². The van der Waals surface area contributed by atoms with Gasteiger partial charge in [-0.15, -0.1) is 0 Å². The molecule has 4 heteroatoms. The first-order valence-electron chi connectivity index (χ1n) is 5.28. The fourth-order valence-electron chi connectivity index (χ4n) is 0.858. The SMILES string of the molecule is CCCN=C(N)NCCOCC(C)C. The molecule has 0 aromatic heterocycles. The molecule has 0 aromatic rings. The number of nitrogens with zero attached hydrogens (tertiary/aromatic N) is 1. The van der Waals surface area contributed by atoms with Crippen molar-refractivity contribution < 1.29 is 4.74 Å². The first-order chi connectivity index (χ1) is 6.66. The minimum absolute atomic E-state index is 0.514. The van der Waals surface area contributed by atoms with Gasteiger partial charge >= 0.3 is 0 Å². The maximum absolute atomic E-state index is 5.59. The van der Waals surface area contributed by atoms with E-state index >= 15 is 0 Å². The van der Waals surface area contributed by atoms with Crippen LogP contribution in [0.3, 0.4) is 0 Å². The summed E-state index contributed by atoms with van der Waals surface area (Å²) in [7, 11) is 0. The highest BCUT2D eigenvalue weighted by Crippen LogP contribution is 1.90. The van der Waals surface area contributed by atoms with E-state index in [-0.39, 0.29) is 0 Å². The Balaban J connectivity index is 3.27. The third-order valence-corrected chi connectivity index (χ3v) is 1.51. The van der Waals surface area contributed by atoms with Gasteiger partial charge in [0.1, 0.15) is 0 Å². The Morgan fingerprint density at radius 3 is 2.79 bits per heavy atom. The average molecular weight is 201 g/mol. The lowest BCUT2D eigenvalue weighted by Crippen LogP contribution is -2.34. The number of nitrogens with two attached hydrogens (primary N) is 1. The molecule has 0 bridgehead atoms. The molecule has 0 radical (unpaired) electrons. The maximum Gasteiger partial charge on any atom is 0.188 e. The Hall–Kier alpha value is -0.770. The molecule has 0 rings (SSSR count). The van der Waals surface area contributed by atoms with Gasteiger partial charge in [-0.3, -0.25) is 4.99 Å². The number of ether oxygens (including phenoxy) is 1. The minimum Gasteiger partial charge on any atom is -0.379 e. The zero-order valence-corrected chi connectivity index (χ0v) is 9.55. The van der Waals surface area contributed by atoms with Gasteiger partial charge in [-0.25, -0.2) is 0 Å². The highest BCUT2D eigenvalue weighted by atomic mass is 16.5. The van der Waals surface area contributed by atoms with Crippen molar-refractivity contribution in [3.8, 4) is 0 Å². The fraction of sp³-hybridized carbons (Fsp3) is 0.900. The van der Waals surface area contributed by atoms with E-state index in [1.54, 1.807) is 0 Å². The van der Waals surface area contributed by atoms with Crippen LogP contribution in [0.15, 0.2) is 4.99 Å². The molecule has 0 fully saturated rings. The quantitative estimate of drug-likeness (QED) is 0.366. The number of aliphatic imine (C=N–C) groups is 1. The van der Waals surface area contributed by atoms with Crippen LogP contribution >= 0.6 is 0 Å². The van der Waals surface area contributed by atoms with Crippen LogP contribution in [-0.2, 0) is 4.74 Å². The molecule has 0 aliphatic heterocycles. The molecule has 0 saturated heterocycles. The topological polar surface area (TPSA) is 59.6 Å². The third-order valence-electron chi connectivity index (χ3n) is 1.51. The van der Waals surface area contributed by atoms with Crippen molar-refractivity contribution in [3.63, 3.8) is 0 Å². The average Bonchev–Trinajstić information content (AvgIpc) is 2.13. The summed E-state index contributed by atoms with van der Waals surface area (Å²) in [5.41, 5.74) is 5.59. The minimum atomic E-state index is 0.514. The Bertz CT molecular complexity index is 157. The zero-order chi connectivity index (χ0) is 10.8. The summed E-state index contributed by atoms with van der Waals surface area (Å²) in [5, 5.41) is 2.99. The van der Waals surface area contributed by atoms with Crippen LogP contribution in [-0.4, -0.2) is 32.3 Å². The smallest absolute Gasteiger partial charge is 0.188 e. The summed E-state index contributed by atoms with van der Waals surface area (Å²) in [6.07, 6.45) is 1.02.